The molecule has 21 heavy (non-hydrogen) atoms. The molecule has 0 unspecified atom stereocenters. The number of phenols is 1. The van der Waals surface area contributed by atoms with Gasteiger partial charge in [0.25, 0.3) is 0 Å². The molecule has 2 rings (SSSR count). The molecular weight excluding hydrogens is 300 g/mol. The van der Waals surface area contributed by atoms with E-state index in [-0.39, 0.29) is 23.6 Å². The summed E-state index contributed by atoms with van der Waals surface area (Å²) in [6.07, 6.45) is 0.126. The van der Waals surface area contributed by atoms with Gasteiger partial charge < -0.3 is 5.11 Å². The molecule has 2 aromatic carbocycles. The van der Waals surface area contributed by atoms with Gasteiger partial charge in [-0.05, 0) is 36.2 Å². The van der Waals surface area contributed by atoms with Gasteiger partial charge in [0.15, 0.2) is 0 Å². The van der Waals surface area contributed by atoms with Crippen molar-refractivity contribution in [3.8, 4) is 5.75 Å². The number of hydrogen-bond acceptors (Lipinski definition) is 3. The van der Waals surface area contributed by atoms with Gasteiger partial charge in [-0.3, -0.25) is 0 Å². The van der Waals surface area contributed by atoms with Gasteiger partial charge in [-0.15, -0.1) is 0 Å². The van der Waals surface area contributed by atoms with Gasteiger partial charge in [0.05, 0.1) is 0 Å². The van der Waals surface area contributed by atoms with E-state index in [1.54, 1.807) is 0 Å². The van der Waals surface area contributed by atoms with Crippen LogP contribution in [0.1, 0.15) is 5.56 Å². The van der Waals surface area contributed by atoms with Crippen LogP contribution in [0.5, 0.6) is 5.75 Å². The topological polar surface area (TPSA) is 66.4 Å². The number of benzene rings is 2. The minimum absolute atomic E-state index is 0.0421. The second kappa shape index (κ2) is 6.19. The molecule has 0 radical (unpaired) electrons. The molecule has 0 atom stereocenters. The Hall–Kier alpha value is -1.99. The molecule has 112 valence electrons. The summed E-state index contributed by atoms with van der Waals surface area (Å²) in [5, 5.41) is 9.52. The smallest absolute Gasteiger partial charge is 0.244 e. The lowest BCUT2D eigenvalue weighted by Gasteiger charge is -2.08. The first-order valence-electron chi connectivity index (χ1n) is 6.11. The Labute approximate surface area is 121 Å². The maximum Gasteiger partial charge on any atom is 0.244 e. The highest BCUT2D eigenvalue weighted by Gasteiger charge is 2.17. The van der Waals surface area contributed by atoms with Crippen molar-refractivity contribution in [1.29, 1.82) is 0 Å². The van der Waals surface area contributed by atoms with Gasteiger partial charge in [0.2, 0.25) is 10.0 Å². The standard InChI is InChI=1S/C14H13F2NO3S/c15-11-7-10(8-12(16)9-11)5-6-17-21(19,20)14-4-2-1-3-13(14)18/h1-4,7-9,17-18H,5-6H2. The summed E-state index contributed by atoms with van der Waals surface area (Å²) in [4.78, 5) is -0.240. The lowest BCUT2D eigenvalue weighted by atomic mass is 10.1. The first-order chi connectivity index (χ1) is 9.88. The van der Waals surface area contributed by atoms with E-state index in [1.165, 1.54) is 24.3 Å². The van der Waals surface area contributed by atoms with Gasteiger partial charge >= 0.3 is 0 Å². The second-order valence-corrected chi connectivity index (χ2v) is 6.13. The minimum atomic E-state index is -3.87. The van der Waals surface area contributed by atoms with Crippen molar-refractivity contribution in [2.45, 2.75) is 11.3 Å². The fourth-order valence-corrected chi connectivity index (χ4v) is 2.97. The number of sulfonamides is 1. The summed E-state index contributed by atoms with van der Waals surface area (Å²) < 4.78 is 52.2. The van der Waals surface area contributed by atoms with Crippen LogP contribution in [-0.2, 0) is 16.4 Å². The zero-order valence-electron chi connectivity index (χ0n) is 10.9. The van der Waals surface area contributed by atoms with Crippen molar-refractivity contribution in [3.05, 3.63) is 59.7 Å². The van der Waals surface area contributed by atoms with Crippen LogP contribution in [0, 0.1) is 11.6 Å². The predicted octanol–water partition coefficient (Wildman–Crippen LogP) is 2.19. The lowest BCUT2D eigenvalue weighted by Crippen LogP contribution is -2.26. The van der Waals surface area contributed by atoms with Crippen LogP contribution in [0.15, 0.2) is 47.4 Å². The zero-order chi connectivity index (χ0) is 15.5. The van der Waals surface area contributed by atoms with Crippen LogP contribution in [-0.4, -0.2) is 20.1 Å². The molecule has 2 aromatic rings. The second-order valence-electron chi connectivity index (χ2n) is 4.39. The van der Waals surface area contributed by atoms with E-state index >= 15 is 0 Å². The van der Waals surface area contributed by atoms with Crippen molar-refractivity contribution in [1.82, 2.24) is 4.72 Å². The van der Waals surface area contributed by atoms with E-state index < -0.39 is 21.7 Å². The maximum atomic E-state index is 13.0. The number of aromatic hydroxyl groups is 1. The summed E-state index contributed by atoms with van der Waals surface area (Å²) in [5.74, 6) is -1.79. The van der Waals surface area contributed by atoms with Crippen molar-refractivity contribution in [2.75, 3.05) is 6.54 Å². The van der Waals surface area contributed by atoms with Crippen molar-refractivity contribution >= 4 is 10.0 Å². The molecule has 0 saturated carbocycles. The normalized spacial score (nSPS) is 11.5. The third-order valence-electron chi connectivity index (χ3n) is 2.78. The maximum absolute atomic E-state index is 13.0. The van der Waals surface area contributed by atoms with E-state index in [1.807, 2.05) is 0 Å². The Balaban J connectivity index is 2.04. The van der Waals surface area contributed by atoms with Gasteiger partial charge in [-0.1, -0.05) is 12.1 Å². The Kier molecular flexibility index (Phi) is 4.54. The molecule has 0 aliphatic carbocycles. The van der Waals surface area contributed by atoms with E-state index in [0.717, 1.165) is 18.2 Å². The molecule has 0 aliphatic heterocycles. The average Bonchev–Trinajstić information content (AvgIpc) is 2.37. The number of halogens is 2. The summed E-state index contributed by atoms with van der Waals surface area (Å²) in [6.45, 7) is -0.0421. The van der Waals surface area contributed by atoms with E-state index in [0.29, 0.717) is 5.56 Å². The molecule has 0 aliphatic rings. The molecule has 0 amide bonds. The van der Waals surface area contributed by atoms with Crippen molar-refractivity contribution < 1.29 is 22.3 Å². The van der Waals surface area contributed by atoms with Crippen molar-refractivity contribution in [3.63, 3.8) is 0 Å². The van der Waals surface area contributed by atoms with E-state index in [4.69, 9.17) is 0 Å². The lowest BCUT2D eigenvalue weighted by molar-refractivity contribution is 0.458. The summed E-state index contributed by atoms with van der Waals surface area (Å²) >= 11 is 0. The van der Waals surface area contributed by atoms with Gasteiger partial charge in [0, 0.05) is 12.6 Å². The first-order valence-corrected chi connectivity index (χ1v) is 7.59. The highest BCUT2D eigenvalue weighted by Crippen LogP contribution is 2.20. The zero-order valence-corrected chi connectivity index (χ0v) is 11.7. The molecule has 2 N–H and O–H groups in total. The summed E-state index contributed by atoms with van der Waals surface area (Å²) in [6, 6.07) is 8.53. The number of para-hydroxylation sites is 1. The highest BCUT2D eigenvalue weighted by atomic mass is 32.2. The molecule has 0 saturated heterocycles. The fraction of sp³-hybridized carbons (Fsp3) is 0.143. The Morgan fingerprint density at radius 3 is 2.29 bits per heavy atom. The summed E-state index contributed by atoms with van der Waals surface area (Å²) in [5.41, 5.74) is 0.340. The molecule has 4 nitrogen and oxygen atoms in total. The van der Waals surface area contributed by atoms with Crippen molar-refractivity contribution in [2.24, 2.45) is 0 Å². The van der Waals surface area contributed by atoms with Gasteiger partial charge in [0.1, 0.15) is 22.3 Å². The largest absolute Gasteiger partial charge is 0.507 e. The number of nitrogens with one attached hydrogen (secondary N) is 1. The van der Waals surface area contributed by atoms with E-state index in [9.17, 15) is 22.3 Å². The number of rotatable bonds is 5. The number of hydrogen-bond donors (Lipinski definition) is 2. The highest BCUT2D eigenvalue weighted by molar-refractivity contribution is 7.89. The summed E-state index contributed by atoms with van der Waals surface area (Å²) in [7, 11) is -3.87. The Morgan fingerprint density at radius 2 is 1.67 bits per heavy atom. The van der Waals surface area contributed by atoms with E-state index in [2.05, 4.69) is 4.72 Å². The van der Waals surface area contributed by atoms with Crippen LogP contribution < -0.4 is 4.72 Å². The van der Waals surface area contributed by atoms with Gasteiger partial charge in [-0.25, -0.2) is 21.9 Å². The monoisotopic (exact) mass is 313 g/mol. The number of phenolic OH excluding ortho intramolecular Hbond substituents is 1. The molecule has 0 bridgehead atoms. The molecular formula is C14H13F2NO3S. The van der Waals surface area contributed by atoms with Crippen LogP contribution in [0.3, 0.4) is 0 Å². The minimum Gasteiger partial charge on any atom is -0.507 e. The third-order valence-corrected chi connectivity index (χ3v) is 4.29. The van der Waals surface area contributed by atoms with Crippen LogP contribution in [0.2, 0.25) is 0 Å². The first kappa shape index (κ1) is 15.4. The van der Waals surface area contributed by atoms with Crippen LogP contribution in [0.4, 0.5) is 8.78 Å². The molecule has 0 aromatic heterocycles. The third kappa shape index (κ3) is 3.99. The molecule has 0 fully saturated rings. The van der Waals surface area contributed by atoms with Crippen LogP contribution in [0.25, 0.3) is 0 Å². The predicted molar refractivity (Wildman–Crippen MR) is 73.4 cm³/mol. The quantitative estimate of drug-likeness (QED) is 0.889. The average molecular weight is 313 g/mol. The SMILES string of the molecule is O=S(=O)(NCCc1cc(F)cc(F)c1)c1ccccc1O. The molecule has 0 heterocycles. The molecule has 0 spiro atoms. The Bertz CT molecular complexity index is 727. The Morgan fingerprint density at radius 1 is 1.05 bits per heavy atom. The van der Waals surface area contributed by atoms with Crippen LogP contribution >= 0.6 is 0 Å². The molecule has 7 heteroatoms. The van der Waals surface area contributed by atoms with Gasteiger partial charge in [-0.2, -0.15) is 0 Å². The fourth-order valence-electron chi connectivity index (χ4n) is 1.85.